The van der Waals surface area contributed by atoms with Gasteiger partial charge in [-0.15, -0.1) is 11.8 Å². The quantitative estimate of drug-likeness (QED) is 0.515. The van der Waals surface area contributed by atoms with E-state index in [1.54, 1.807) is 11.8 Å². The van der Waals surface area contributed by atoms with Crippen molar-refractivity contribution < 1.29 is 0 Å². The summed E-state index contributed by atoms with van der Waals surface area (Å²) in [6, 6.07) is 0. The summed E-state index contributed by atoms with van der Waals surface area (Å²) in [5, 5.41) is 2.12. The third kappa shape index (κ3) is 4.00. The summed E-state index contributed by atoms with van der Waals surface area (Å²) >= 11 is 1.74. The minimum Gasteiger partial charge on any atom is -0.137 e. The summed E-state index contributed by atoms with van der Waals surface area (Å²) in [6.07, 6.45) is 6.20. The van der Waals surface area contributed by atoms with Crippen molar-refractivity contribution in [3.8, 4) is 0 Å². The minimum absolute atomic E-state index is 1.32. The zero-order valence-electron chi connectivity index (χ0n) is 5.64. The molecule has 0 saturated heterocycles. The highest BCUT2D eigenvalue weighted by atomic mass is 32.2. The Balaban J connectivity index is 3.61. The summed E-state index contributed by atoms with van der Waals surface area (Å²) < 4.78 is 0. The molecule has 0 unspecified atom stereocenters. The molecule has 0 spiro atoms. The van der Waals surface area contributed by atoms with Crippen LogP contribution in [0.2, 0.25) is 0 Å². The van der Waals surface area contributed by atoms with Crippen LogP contribution >= 0.6 is 11.8 Å². The van der Waals surface area contributed by atoms with Gasteiger partial charge in [0.1, 0.15) is 0 Å². The highest BCUT2D eigenvalue weighted by Gasteiger charge is 1.74. The summed E-state index contributed by atoms with van der Waals surface area (Å²) in [7, 11) is 0. The van der Waals surface area contributed by atoms with Crippen molar-refractivity contribution in [1.29, 1.82) is 0 Å². The third-order valence-electron chi connectivity index (χ3n) is 0.733. The molecule has 1 heteroatoms. The SMILES string of the molecule is C/C=C/C(C)=C/SC. The second kappa shape index (κ2) is 4.98. The molecule has 0 aromatic heterocycles. The highest BCUT2D eigenvalue weighted by Crippen LogP contribution is 2.02. The zero-order valence-corrected chi connectivity index (χ0v) is 6.46. The molecule has 0 fully saturated rings. The molecule has 0 amide bonds. The Labute approximate surface area is 55.7 Å². The van der Waals surface area contributed by atoms with Gasteiger partial charge in [-0.05, 0) is 31.1 Å². The fourth-order valence-electron chi connectivity index (χ4n) is 0.488. The van der Waals surface area contributed by atoms with Crippen LogP contribution in [0.5, 0.6) is 0 Å². The van der Waals surface area contributed by atoms with Gasteiger partial charge in [-0.2, -0.15) is 0 Å². The zero-order chi connectivity index (χ0) is 6.41. The maximum atomic E-state index is 2.12. The number of thioether (sulfide) groups is 1. The van der Waals surface area contributed by atoms with E-state index in [2.05, 4.69) is 24.7 Å². The van der Waals surface area contributed by atoms with Crippen molar-refractivity contribution in [3.63, 3.8) is 0 Å². The number of allylic oxidation sites excluding steroid dienone is 3. The first-order chi connectivity index (χ1) is 3.81. The van der Waals surface area contributed by atoms with E-state index in [-0.39, 0.29) is 0 Å². The van der Waals surface area contributed by atoms with Gasteiger partial charge < -0.3 is 0 Å². The van der Waals surface area contributed by atoms with Crippen molar-refractivity contribution in [2.75, 3.05) is 6.26 Å². The highest BCUT2D eigenvalue weighted by molar-refractivity contribution is 8.01. The molecule has 0 aliphatic heterocycles. The van der Waals surface area contributed by atoms with Crippen LogP contribution in [-0.4, -0.2) is 6.26 Å². The molecule has 0 aliphatic carbocycles. The van der Waals surface area contributed by atoms with Crippen LogP contribution in [0.15, 0.2) is 23.1 Å². The molecule has 0 aliphatic rings. The Bertz CT molecular complexity index is 101. The van der Waals surface area contributed by atoms with E-state index in [0.717, 1.165) is 0 Å². The maximum absolute atomic E-state index is 2.12. The van der Waals surface area contributed by atoms with Crippen molar-refractivity contribution >= 4 is 11.8 Å². The van der Waals surface area contributed by atoms with Gasteiger partial charge in [0.05, 0.1) is 0 Å². The van der Waals surface area contributed by atoms with Crippen molar-refractivity contribution in [1.82, 2.24) is 0 Å². The van der Waals surface area contributed by atoms with E-state index in [0.29, 0.717) is 0 Å². The normalized spacial score (nSPS) is 13.1. The number of hydrogen-bond acceptors (Lipinski definition) is 1. The predicted octanol–water partition coefficient (Wildman–Crippen LogP) is 2.83. The number of rotatable bonds is 2. The van der Waals surface area contributed by atoms with Gasteiger partial charge in [0.2, 0.25) is 0 Å². The van der Waals surface area contributed by atoms with E-state index >= 15 is 0 Å². The van der Waals surface area contributed by atoms with Crippen LogP contribution in [0, 0.1) is 0 Å². The van der Waals surface area contributed by atoms with Gasteiger partial charge in [-0.3, -0.25) is 0 Å². The van der Waals surface area contributed by atoms with Crippen molar-refractivity contribution in [3.05, 3.63) is 23.1 Å². The van der Waals surface area contributed by atoms with Crippen molar-refractivity contribution in [2.24, 2.45) is 0 Å². The molecule has 0 heterocycles. The van der Waals surface area contributed by atoms with Crippen LogP contribution in [0.4, 0.5) is 0 Å². The van der Waals surface area contributed by atoms with E-state index in [9.17, 15) is 0 Å². The Morgan fingerprint density at radius 1 is 1.50 bits per heavy atom. The summed E-state index contributed by atoms with van der Waals surface area (Å²) in [6.45, 7) is 4.12. The molecule has 46 valence electrons. The average molecular weight is 128 g/mol. The third-order valence-corrected chi connectivity index (χ3v) is 1.34. The summed E-state index contributed by atoms with van der Waals surface area (Å²) in [4.78, 5) is 0. The van der Waals surface area contributed by atoms with E-state index in [4.69, 9.17) is 0 Å². The minimum atomic E-state index is 1.32. The first kappa shape index (κ1) is 7.83. The Hall–Kier alpha value is -0.170. The molecule has 8 heavy (non-hydrogen) atoms. The Morgan fingerprint density at radius 3 is 2.50 bits per heavy atom. The lowest BCUT2D eigenvalue weighted by Gasteiger charge is -1.85. The van der Waals surface area contributed by atoms with Gasteiger partial charge in [0.15, 0.2) is 0 Å². The van der Waals surface area contributed by atoms with Gasteiger partial charge in [0, 0.05) is 0 Å². The van der Waals surface area contributed by atoms with Gasteiger partial charge in [-0.1, -0.05) is 12.2 Å². The molecule has 0 radical (unpaired) electrons. The fourth-order valence-corrected chi connectivity index (χ4v) is 0.938. The second-order valence-corrected chi connectivity index (χ2v) is 2.30. The molecular weight excluding hydrogens is 116 g/mol. The topological polar surface area (TPSA) is 0 Å². The molecule has 0 aromatic rings. The average Bonchev–Trinajstić information content (AvgIpc) is 1.68. The lowest BCUT2D eigenvalue weighted by Crippen LogP contribution is -1.61. The Morgan fingerprint density at radius 2 is 2.12 bits per heavy atom. The molecule has 0 saturated carbocycles. The van der Waals surface area contributed by atoms with Crippen LogP contribution < -0.4 is 0 Å². The molecule has 0 atom stereocenters. The smallest absolute Gasteiger partial charge is 0.0142 e. The second-order valence-electron chi connectivity index (χ2n) is 1.60. The number of hydrogen-bond donors (Lipinski definition) is 0. The van der Waals surface area contributed by atoms with Crippen LogP contribution in [0.25, 0.3) is 0 Å². The first-order valence-corrected chi connectivity index (χ1v) is 3.92. The first-order valence-electron chi connectivity index (χ1n) is 2.63. The van der Waals surface area contributed by atoms with Gasteiger partial charge in [0.25, 0.3) is 0 Å². The summed E-state index contributed by atoms with van der Waals surface area (Å²) in [5.41, 5.74) is 1.32. The lowest BCUT2D eigenvalue weighted by atomic mass is 10.3. The lowest BCUT2D eigenvalue weighted by molar-refractivity contribution is 1.53. The molecule has 0 N–H and O–H groups in total. The van der Waals surface area contributed by atoms with Gasteiger partial charge >= 0.3 is 0 Å². The van der Waals surface area contributed by atoms with E-state index in [1.807, 2.05) is 13.0 Å². The predicted molar refractivity (Wildman–Crippen MR) is 42.1 cm³/mol. The largest absolute Gasteiger partial charge is 0.137 e. The van der Waals surface area contributed by atoms with Crippen LogP contribution in [0.3, 0.4) is 0 Å². The fraction of sp³-hybridized carbons (Fsp3) is 0.429. The summed E-state index contributed by atoms with van der Waals surface area (Å²) in [5.74, 6) is 0. The van der Waals surface area contributed by atoms with Crippen molar-refractivity contribution in [2.45, 2.75) is 13.8 Å². The molecule has 0 nitrogen and oxygen atoms in total. The molecule has 0 aromatic carbocycles. The Kier molecular flexibility index (Phi) is 4.87. The van der Waals surface area contributed by atoms with Crippen LogP contribution in [0.1, 0.15) is 13.8 Å². The van der Waals surface area contributed by atoms with E-state index < -0.39 is 0 Å². The monoisotopic (exact) mass is 128 g/mol. The van der Waals surface area contributed by atoms with Gasteiger partial charge in [-0.25, -0.2) is 0 Å². The molecular formula is C7H12S. The molecule has 0 rings (SSSR count). The standard InChI is InChI=1S/C7H12S/c1-4-5-7(2)6-8-3/h4-6H,1-3H3/b5-4+,7-6+. The van der Waals surface area contributed by atoms with E-state index in [1.165, 1.54) is 5.57 Å². The maximum Gasteiger partial charge on any atom is -0.0142 e. The molecule has 0 bridgehead atoms. The van der Waals surface area contributed by atoms with Crippen LogP contribution in [-0.2, 0) is 0 Å².